The quantitative estimate of drug-likeness (QED) is 0.918. The number of benzene rings is 1. The van der Waals surface area contributed by atoms with Crippen LogP contribution in [-0.2, 0) is 4.79 Å². The van der Waals surface area contributed by atoms with Gasteiger partial charge in [0.1, 0.15) is 5.75 Å². The molecular weight excluding hydrogens is 284 g/mol. The van der Waals surface area contributed by atoms with E-state index in [4.69, 9.17) is 15.0 Å². The van der Waals surface area contributed by atoms with Crippen molar-refractivity contribution in [3.8, 4) is 17.1 Å². The maximum Gasteiger partial charge on any atom is 0.324 e. The smallest absolute Gasteiger partial charge is 0.324 e. The van der Waals surface area contributed by atoms with Crippen LogP contribution in [-0.4, -0.2) is 36.2 Å². The third-order valence-corrected chi connectivity index (χ3v) is 3.93. The Bertz CT molecular complexity index is 645. The fourth-order valence-electron chi connectivity index (χ4n) is 2.56. The van der Waals surface area contributed by atoms with Gasteiger partial charge in [0.05, 0.1) is 7.11 Å². The Morgan fingerprint density at radius 3 is 2.59 bits per heavy atom. The molecule has 1 aromatic carbocycles. The number of amides is 1. The van der Waals surface area contributed by atoms with Gasteiger partial charge in [-0.15, -0.1) is 0 Å². The zero-order valence-corrected chi connectivity index (χ0v) is 12.4. The van der Waals surface area contributed by atoms with Crippen molar-refractivity contribution in [2.75, 3.05) is 25.1 Å². The van der Waals surface area contributed by atoms with Crippen molar-refractivity contribution < 1.29 is 14.1 Å². The molecule has 2 aromatic rings. The molecule has 2 N–H and O–H groups in total. The molecule has 0 atom stereocenters. The molecule has 1 saturated heterocycles. The molecule has 7 heteroatoms. The minimum absolute atomic E-state index is 0.0553. The average molecular weight is 302 g/mol. The van der Waals surface area contributed by atoms with E-state index in [1.165, 1.54) is 0 Å². The summed E-state index contributed by atoms with van der Waals surface area (Å²) in [5.41, 5.74) is 6.20. The molecular formula is C15H18N4O3. The number of ether oxygens (including phenoxy) is 1. The molecule has 1 aromatic heterocycles. The number of piperidine rings is 1. The van der Waals surface area contributed by atoms with Gasteiger partial charge < -0.3 is 19.9 Å². The van der Waals surface area contributed by atoms with Gasteiger partial charge in [-0.1, -0.05) is 5.16 Å². The summed E-state index contributed by atoms with van der Waals surface area (Å²) >= 11 is 0. The molecule has 1 aliphatic heterocycles. The summed E-state index contributed by atoms with van der Waals surface area (Å²) in [4.78, 5) is 17.6. The van der Waals surface area contributed by atoms with Crippen molar-refractivity contribution in [3.05, 3.63) is 24.3 Å². The number of aromatic nitrogens is 2. The number of primary amides is 1. The first-order valence-corrected chi connectivity index (χ1v) is 7.20. The molecule has 3 rings (SSSR count). The lowest BCUT2D eigenvalue weighted by atomic mass is 9.97. The summed E-state index contributed by atoms with van der Waals surface area (Å²) in [6, 6.07) is 7.95. The normalized spacial score (nSPS) is 15.8. The number of hydrogen-bond donors (Lipinski definition) is 1. The second kappa shape index (κ2) is 6.05. The summed E-state index contributed by atoms with van der Waals surface area (Å²) in [6.45, 7) is 1.38. The number of methoxy groups -OCH3 is 1. The van der Waals surface area contributed by atoms with Crippen LogP contribution in [0.25, 0.3) is 11.4 Å². The second-order valence-electron chi connectivity index (χ2n) is 5.29. The molecule has 7 nitrogen and oxygen atoms in total. The van der Waals surface area contributed by atoms with E-state index in [1.807, 2.05) is 29.2 Å². The van der Waals surface area contributed by atoms with Crippen molar-refractivity contribution in [3.63, 3.8) is 0 Å². The van der Waals surface area contributed by atoms with Crippen LogP contribution in [0.4, 0.5) is 6.01 Å². The first-order valence-electron chi connectivity index (χ1n) is 7.20. The number of nitrogens with zero attached hydrogens (tertiary/aromatic N) is 3. The monoisotopic (exact) mass is 302 g/mol. The van der Waals surface area contributed by atoms with Crippen LogP contribution in [0.2, 0.25) is 0 Å². The fraction of sp³-hybridized carbons (Fsp3) is 0.400. The van der Waals surface area contributed by atoms with E-state index in [0.29, 0.717) is 24.9 Å². The van der Waals surface area contributed by atoms with Crippen molar-refractivity contribution >= 4 is 11.9 Å². The summed E-state index contributed by atoms with van der Waals surface area (Å²) in [5, 5.41) is 4.01. The van der Waals surface area contributed by atoms with Gasteiger partial charge >= 0.3 is 6.01 Å². The van der Waals surface area contributed by atoms with Gasteiger partial charge in [-0.25, -0.2) is 0 Å². The van der Waals surface area contributed by atoms with Gasteiger partial charge in [0.15, 0.2) is 0 Å². The third-order valence-electron chi connectivity index (χ3n) is 3.93. The SMILES string of the molecule is COc1ccc(-c2noc(N3CCC(C(N)=O)CC3)n2)cc1. The Balaban J connectivity index is 1.70. The van der Waals surface area contributed by atoms with Crippen molar-refractivity contribution in [1.82, 2.24) is 10.1 Å². The molecule has 2 heterocycles. The molecule has 116 valence electrons. The van der Waals surface area contributed by atoms with Gasteiger partial charge in [0.2, 0.25) is 11.7 Å². The van der Waals surface area contributed by atoms with Crippen LogP contribution in [0.3, 0.4) is 0 Å². The van der Waals surface area contributed by atoms with E-state index in [9.17, 15) is 4.79 Å². The number of carbonyl (C=O) groups excluding carboxylic acids is 1. The number of anilines is 1. The minimum atomic E-state index is -0.232. The van der Waals surface area contributed by atoms with Crippen LogP contribution in [0, 0.1) is 5.92 Å². The predicted octanol–water partition coefficient (Wildman–Crippen LogP) is 1.45. The number of nitrogens with two attached hydrogens (primary N) is 1. The van der Waals surface area contributed by atoms with Gasteiger partial charge in [0.25, 0.3) is 0 Å². The minimum Gasteiger partial charge on any atom is -0.497 e. The number of carbonyl (C=O) groups is 1. The summed E-state index contributed by atoms with van der Waals surface area (Å²) in [6.07, 6.45) is 1.44. The largest absolute Gasteiger partial charge is 0.497 e. The number of rotatable bonds is 4. The van der Waals surface area contributed by atoms with Gasteiger partial charge in [0, 0.05) is 24.6 Å². The Labute approximate surface area is 128 Å². The van der Waals surface area contributed by atoms with Gasteiger partial charge in [-0.3, -0.25) is 4.79 Å². The topological polar surface area (TPSA) is 94.5 Å². The predicted molar refractivity (Wildman–Crippen MR) is 80.4 cm³/mol. The Morgan fingerprint density at radius 2 is 2.00 bits per heavy atom. The van der Waals surface area contributed by atoms with Crippen LogP contribution >= 0.6 is 0 Å². The molecule has 1 fully saturated rings. The van der Waals surface area contributed by atoms with Crippen molar-refractivity contribution in [1.29, 1.82) is 0 Å². The Kier molecular flexibility index (Phi) is 3.95. The maximum absolute atomic E-state index is 11.2. The lowest BCUT2D eigenvalue weighted by molar-refractivity contribution is -0.122. The highest BCUT2D eigenvalue weighted by Crippen LogP contribution is 2.25. The molecule has 0 radical (unpaired) electrons. The highest BCUT2D eigenvalue weighted by atomic mass is 16.5. The molecule has 1 aliphatic rings. The molecule has 22 heavy (non-hydrogen) atoms. The van der Waals surface area contributed by atoms with E-state index in [2.05, 4.69) is 10.1 Å². The zero-order valence-electron chi connectivity index (χ0n) is 12.4. The second-order valence-corrected chi connectivity index (χ2v) is 5.29. The first kappa shape index (κ1) is 14.4. The van der Waals surface area contributed by atoms with E-state index >= 15 is 0 Å². The van der Waals surface area contributed by atoms with Crippen LogP contribution in [0.15, 0.2) is 28.8 Å². The summed E-state index contributed by atoms with van der Waals surface area (Å²) in [5.74, 6) is 1.03. The molecule has 1 amide bonds. The van der Waals surface area contributed by atoms with Gasteiger partial charge in [-0.2, -0.15) is 4.98 Å². The molecule has 0 unspecified atom stereocenters. The highest BCUT2D eigenvalue weighted by molar-refractivity contribution is 5.76. The van der Waals surface area contributed by atoms with Crippen molar-refractivity contribution in [2.45, 2.75) is 12.8 Å². The lowest BCUT2D eigenvalue weighted by Crippen LogP contribution is -2.38. The Hall–Kier alpha value is -2.57. The summed E-state index contributed by atoms with van der Waals surface area (Å²) in [7, 11) is 1.62. The van der Waals surface area contributed by atoms with E-state index in [1.54, 1.807) is 7.11 Å². The standard InChI is InChI=1S/C15H18N4O3/c1-21-12-4-2-11(3-5-12)14-17-15(22-18-14)19-8-6-10(7-9-19)13(16)20/h2-5,10H,6-9H2,1H3,(H2,16,20). The number of hydrogen-bond acceptors (Lipinski definition) is 6. The van der Waals surface area contributed by atoms with E-state index < -0.39 is 0 Å². The molecule has 0 aliphatic carbocycles. The van der Waals surface area contributed by atoms with E-state index in [-0.39, 0.29) is 11.8 Å². The van der Waals surface area contributed by atoms with Crippen LogP contribution < -0.4 is 15.4 Å². The van der Waals surface area contributed by atoms with Gasteiger partial charge in [-0.05, 0) is 37.1 Å². The van der Waals surface area contributed by atoms with Crippen LogP contribution in [0.5, 0.6) is 5.75 Å². The molecule has 0 saturated carbocycles. The fourth-order valence-corrected chi connectivity index (χ4v) is 2.56. The zero-order chi connectivity index (χ0) is 15.5. The van der Waals surface area contributed by atoms with Crippen LogP contribution in [0.1, 0.15) is 12.8 Å². The molecule has 0 bridgehead atoms. The van der Waals surface area contributed by atoms with Crippen molar-refractivity contribution in [2.24, 2.45) is 11.7 Å². The highest BCUT2D eigenvalue weighted by Gasteiger charge is 2.26. The Morgan fingerprint density at radius 1 is 1.32 bits per heavy atom. The van der Waals surface area contributed by atoms with E-state index in [0.717, 1.165) is 24.2 Å². The summed E-state index contributed by atoms with van der Waals surface area (Å²) < 4.78 is 10.5. The third kappa shape index (κ3) is 2.88. The first-order chi connectivity index (χ1) is 10.7. The molecule has 0 spiro atoms. The lowest BCUT2D eigenvalue weighted by Gasteiger charge is -2.28. The maximum atomic E-state index is 11.2. The average Bonchev–Trinajstić information content (AvgIpc) is 3.05.